The third-order valence-electron chi connectivity index (χ3n) is 4.85. The van der Waals surface area contributed by atoms with Crippen LogP contribution in [0.25, 0.3) is 10.2 Å². The maximum atomic E-state index is 12.9. The molecule has 0 saturated heterocycles. The van der Waals surface area contributed by atoms with Crippen molar-refractivity contribution in [3.63, 3.8) is 0 Å². The molecule has 0 bridgehead atoms. The molecule has 1 N–H and O–H groups in total. The Morgan fingerprint density at radius 1 is 1.31 bits per heavy atom. The molecule has 0 aliphatic heterocycles. The highest BCUT2D eigenvalue weighted by molar-refractivity contribution is 7.18. The molecule has 4 rings (SSSR count). The van der Waals surface area contributed by atoms with E-state index in [0.717, 1.165) is 47.4 Å². The number of aryl methyl sites for hydroxylation is 2. The van der Waals surface area contributed by atoms with Crippen molar-refractivity contribution >= 4 is 33.7 Å². The van der Waals surface area contributed by atoms with Crippen LogP contribution in [-0.4, -0.2) is 28.3 Å². The summed E-state index contributed by atoms with van der Waals surface area (Å²) in [4.78, 5) is 31.5. The second-order valence-electron chi connectivity index (χ2n) is 6.86. The summed E-state index contributed by atoms with van der Waals surface area (Å²) in [5.74, 6) is 0.408. The van der Waals surface area contributed by atoms with Crippen molar-refractivity contribution in [1.82, 2.24) is 15.0 Å². The quantitative estimate of drug-likeness (QED) is 0.500. The highest BCUT2D eigenvalue weighted by Gasteiger charge is 2.20. The van der Waals surface area contributed by atoms with Gasteiger partial charge in [-0.1, -0.05) is 0 Å². The first-order chi connectivity index (χ1) is 14.2. The summed E-state index contributed by atoms with van der Waals surface area (Å²) in [6.45, 7) is 2.42. The van der Waals surface area contributed by atoms with Crippen LogP contribution in [0.4, 0.5) is 0 Å². The molecule has 2 aromatic heterocycles. The molecule has 1 aliphatic carbocycles. The monoisotopic (exact) mass is 410 g/mol. The fraction of sp³-hybridized carbons (Fsp3) is 0.333. The SMILES string of the molecule is CCOc1ccc(C=NNC(=O)Cn2cnc3sc4c(c3c2=O)CCCC4)cc1. The van der Waals surface area contributed by atoms with E-state index in [0.29, 0.717) is 12.0 Å². The van der Waals surface area contributed by atoms with Crippen LogP contribution in [0.5, 0.6) is 5.75 Å². The summed E-state index contributed by atoms with van der Waals surface area (Å²) in [7, 11) is 0. The first kappa shape index (κ1) is 19.3. The predicted molar refractivity (Wildman–Crippen MR) is 114 cm³/mol. The summed E-state index contributed by atoms with van der Waals surface area (Å²) in [6.07, 6.45) is 7.16. The van der Waals surface area contributed by atoms with E-state index in [1.54, 1.807) is 17.6 Å². The smallest absolute Gasteiger partial charge is 0.262 e. The molecule has 3 aromatic rings. The zero-order valence-electron chi connectivity index (χ0n) is 16.2. The lowest BCUT2D eigenvalue weighted by Gasteiger charge is -2.10. The Morgan fingerprint density at radius 3 is 2.90 bits per heavy atom. The summed E-state index contributed by atoms with van der Waals surface area (Å²) in [6, 6.07) is 7.38. The molecule has 0 saturated carbocycles. The van der Waals surface area contributed by atoms with Crippen molar-refractivity contribution in [3.8, 4) is 5.75 Å². The number of carbonyl (C=O) groups is 1. The Hall–Kier alpha value is -3.00. The van der Waals surface area contributed by atoms with Gasteiger partial charge in [0.1, 0.15) is 17.1 Å². The molecule has 1 amide bonds. The van der Waals surface area contributed by atoms with Gasteiger partial charge >= 0.3 is 0 Å². The molecular weight excluding hydrogens is 388 g/mol. The minimum Gasteiger partial charge on any atom is -0.494 e. The number of nitrogens with one attached hydrogen (secondary N) is 1. The number of nitrogens with zero attached hydrogens (tertiary/aromatic N) is 3. The van der Waals surface area contributed by atoms with E-state index in [-0.39, 0.29) is 18.0 Å². The fourth-order valence-electron chi connectivity index (χ4n) is 3.48. The lowest BCUT2D eigenvalue weighted by atomic mass is 9.97. The number of fused-ring (bicyclic) bond motifs is 3. The number of ether oxygens (including phenoxy) is 1. The van der Waals surface area contributed by atoms with E-state index in [4.69, 9.17) is 4.74 Å². The number of hydrazone groups is 1. The van der Waals surface area contributed by atoms with Gasteiger partial charge in [0.15, 0.2) is 0 Å². The van der Waals surface area contributed by atoms with Crippen molar-refractivity contribution in [1.29, 1.82) is 0 Å². The molecule has 1 aromatic carbocycles. The molecule has 0 unspecified atom stereocenters. The van der Waals surface area contributed by atoms with Gasteiger partial charge in [-0.25, -0.2) is 10.4 Å². The second-order valence-corrected chi connectivity index (χ2v) is 7.95. The van der Waals surface area contributed by atoms with E-state index in [1.165, 1.54) is 15.8 Å². The Kier molecular flexibility index (Phi) is 5.71. The molecule has 0 fully saturated rings. The molecule has 1 aliphatic rings. The van der Waals surface area contributed by atoms with Gasteiger partial charge in [0.25, 0.3) is 11.5 Å². The summed E-state index contributed by atoms with van der Waals surface area (Å²) >= 11 is 1.60. The van der Waals surface area contributed by atoms with Crippen molar-refractivity contribution in [2.24, 2.45) is 5.10 Å². The van der Waals surface area contributed by atoms with Gasteiger partial charge in [-0.2, -0.15) is 5.10 Å². The Morgan fingerprint density at radius 2 is 2.10 bits per heavy atom. The van der Waals surface area contributed by atoms with Crippen LogP contribution in [0.3, 0.4) is 0 Å². The molecular formula is C21H22N4O3S. The van der Waals surface area contributed by atoms with Gasteiger partial charge in [0, 0.05) is 4.88 Å². The van der Waals surface area contributed by atoms with E-state index in [2.05, 4.69) is 15.5 Å². The molecule has 0 radical (unpaired) electrons. The van der Waals surface area contributed by atoms with Crippen LogP contribution in [0.1, 0.15) is 35.8 Å². The van der Waals surface area contributed by atoms with E-state index < -0.39 is 0 Å². The van der Waals surface area contributed by atoms with E-state index >= 15 is 0 Å². The predicted octanol–water partition coefficient (Wildman–Crippen LogP) is 2.89. The summed E-state index contributed by atoms with van der Waals surface area (Å²) < 4.78 is 6.74. The van der Waals surface area contributed by atoms with Gasteiger partial charge in [0.05, 0.1) is 24.5 Å². The number of hydrogen-bond acceptors (Lipinski definition) is 6. The summed E-state index contributed by atoms with van der Waals surface area (Å²) in [5.41, 5.74) is 4.27. The molecule has 0 atom stereocenters. The Balaban J connectivity index is 1.43. The number of amides is 1. The Labute approximate surface area is 172 Å². The van der Waals surface area contributed by atoms with Gasteiger partial charge in [-0.3, -0.25) is 14.2 Å². The number of hydrogen-bond donors (Lipinski definition) is 1. The maximum absolute atomic E-state index is 12.9. The Bertz CT molecular complexity index is 1120. The first-order valence-electron chi connectivity index (χ1n) is 9.70. The number of aromatic nitrogens is 2. The van der Waals surface area contributed by atoms with E-state index in [9.17, 15) is 9.59 Å². The third-order valence-corrected chi connectivity index (χ3v) is 6.05. The standard InChI is InChI=1S/C21H22N4O3S/c1-2-28-15-9-7-14(8-10-15)11-23-24-18(26)12-25-13-22-20-19(21(25)27)16-5-3-4-6-17(16)29-20/h7-11,13H,2-6,12H2,1H3,(H,24,26). The van der Waals surface area contributed by atoms with Crippen LogP contribution in [0, 0.1) is 0 Å². The van der Waals surface area contributed by atoms with Crippen LogP contribution in [0.15, 0.2) is 40.5 Å². The van der Waals surface area contributed by atoms with Crippen molar-refractivity contribution in [2.45, 2.75) is 39.2 Å². The zero-order valence-corrected chi connectivity index (χ0v) is 17.0. The third kappa shape index (κ3) is 4.22. The van der Waals surface area contributed by atoms with Gasteiger partial charge in [-0.15, -0.1) is 11.3 Å². The number of benzene rings is 1. The van der Waals surface area contributed by atoms with Crippen molar-refractivity contribution in [3.05, 3.63) is 57.0 Å². The number of thiophene rings is 1. The second kappa shape index (κ2) is 8.57. The minimum absolute atomic E-state index is 0.118. The topological polar surface area (TPSA) is 85.6 Å². The lowest BCUT2D eigenvalue weighted by molar-refractivity contribution is -0.121. The zero-order chi connectivity index (χ0) is 20.2. The highest BCUT2D eigenvalue weighted by atomic mass is 32.1. The van der Waals surface area contributed by atoms with Crippen LogP contribution in [0.2, 0.25) is 0 Å². The minimum atomic E-state index is -0.375. The maximum Gasteiger partial charge on any atom is 0.262 e. The van der Waals surface area contributed by atoms with Gasteiger partial charge in [-0.05, 0) is 68.0 Å². The molecule has 150 valence electrons. The van der Waals surface area contributed by atoms with Gasteiger partial charge < -0.3 is 4.74 Å². The number of carbonyl (C=O) groups excluding carboxylic acids is 1. The van der Waals surface area contributed by atoms with Crippen LogP contribution < -0.4 is 15.7 Å². The molecule has 0 spiro atoms. The van der Waals surface area contributed by atoms with Crippen molar-refractivity contribution < 1.29 is 9.53 Å². The largest absolute Gasteiger partial charge is 0.494 e. The van der Waals surface area contributed by atoms with E-state index in [1.807, 2.05) is 31.2 Å². The van der Waals surface area contributed by atoms with Crippen LogP contribution in [-0.2, 0) is 24.2 Å². The van der Waals surface area contributed by atoms with Gasteiger partial charge in [0.2, 0.25) is 0 Å². The molecule has 8 heteroatoms. The lowest BCUT2D eigenvalue weighted by Crippen LogP contribution is -2.30. The number of rotatable bonds is 6. The molecule has 29 heavy (non-hydrogen) atoms. The fourth-order valence-corrected chi connectivity index (χ4v) is 4.70. The van der Waals surface area contributed by atoms with Crippen molar-refractivity contribution in [2.75, 3.05) is 6.61 Å². The molecule has 2 heterocycles. The summed E-state index contributed by atoms with van der Waals surface area (Å²) in [5, 5.41) is 4.65. The van der Waals surface area contributed by atoms with Crippen LogP contribution >= 0.6 is 11.3 Å². The average molecular weight is 410 g/mol. The average Bonchev–Trinajstić information content (AvgIpc) is 3.11. The highest BCUT2D eigenvalue weighted by Crippen LogP contribution is 2.33. The first-order valence-corrected chi connectivity index (χ1v) is 10.5. The normalized spacial score (nSPS) is 13.6. The molecule has 7 nitrogen and oxygen atoms in total.